The predicted molar refractivity (Wildman–Crippen MR) is 152 cm³/mol. The monoisotopic (exact) mass is 648 g/mol. The summed E-state index contributed by atoms with van der Waals surface area (Å²) in [7, 11) is 1.35. The van der Waals surface area contributed by atoms with E-state index >= 15 is 0 Å². The fourth-order valence-electron chi connectivity index (χ4n) is 5.16. The highest BCUT2D eigenvalue weighted by Crippen LogP contribution is 2.28. The van der Waals surface area contributed by atoms with Gasteiger partial charge in [-0.1, -0.05) is 5.16 Å². The molecule has 0 unspecified atom stereocenters. The van der Waals surface area contributed by atoms with Crippen molar-refractivity contribution in [3.05, 3.63) is 35.0 Å². The summed E-state index contributed by atoms with van der Waals surface area (Å²) < 4.78 is 69.9. The number of ether oxygens (including phenoxy) is 1. The number of benzene rings is 1. The SMILES string of the molecule is COc1cc(C)c(S(=O)(=O)N(C)Cc2noc(C(=O)N3CCN(CC4CCN(C)CC4)CC3)n2)c(C)c1.O=C(O)C(F)(F)F. The molecular weight excluding hydrogens is 609 g/mol. The van der Waals surface area contributed by atoms with Gasteiger partial charge in [-0.3, -0.25) is 9.69 Å². The average molecular weight is 649 g/mol. The molecule has 3 heterocycles. The maximum absolute atomic E-state index is 13.3. The van der Waals surface area contributed by atoms with E-state index in [9.17, 15) is 26.4 Å². The van der Waals surface area contributed by atoms with Gasteiger partial charge in [-0.15, -0.1) is 0 Å². The Balaban J connectivity index is 0.000000676. The van der Waals surface area contributed by atoms with Crippen LogP contribution in [-0.4, -0.2) is 128 Å². The molecule has 0 spiro atoms. The summed E-state index contributed by atoms with van der Waals surface area (Å²) in [6, 6.07) is 3.37. The van der Waals surface area contributed by atoms with E-state index in [0.717, 1.165) is 42.9 Å². The molecule has 2 saturated heterocycles. The van der Waals surface area contributed by atoms with Crippen molar-refractivity contribution < 1.29 is 45.5 Å². The first kappa shape index (κ1) is 35.2. The minimum absolute atomic E-state index is 0.110. The van der Waals surface area contributed by atoms with E-state index in [-0.39, 0.29) is 29.1 Å². The molecule has 13 nitrogen and oxygen atoms in total. The number of carboxylic acid groups (broad SMARTS) is 1. The Morgan fingerprint density at radius 1 is 1.09 bits per heavy atom. The molecule has 44 heavy (non-hydrogen) atoms. The van der Waals surface area contributed by atoms with Crippen LogP contribution in [0.25, 0.3) is 0 Å². The minimum atomic E-state index is -5.08. The summed E-state index contributed by atoms with van der Waals surface area (Å²) in [5.74, 6) is -1.73. The zero-order valence-corrected chi connectivity index (χ0v) is 26.2. The molecule has 2 aliphatic heterocycles. The van der Waals surface area contributed by atoms with Crippen LogP contribution in [0.5, 0.6) is 5.75 Å². The van der Waals surface area contributed by atoms with Gasteiger partial charge in [0.05, 0.1) is 18.6 Å². The molecule has 1 amide bonds. The third-order valence-corrected chi connectivity index (χ3v) is 9.72. The van der Waals surface area contributed by atoms with E-state index in [0.29, 0.717) is 30.0 Å². The molecular formula is C27H39F3N6O7S. The molecule has 0 saturated carbocycles. The second kappa shape index (κ2) is 14.7. The number of carbonyl (C=O) groups excluding carboxylic acids is 1. The molecule has 2 fully saturated rings. The highest BCUT2D eigenvalue weighted by Gasteiger charge is 2.38. The molecule has 1 N–H and O–H groups in total. The fourth-order valence-corrected chi connectivity index (χ4v) is 6.69. The quantitative estimate of drug-likeness (QED) is 0.449. The van der Waals surface area contributed by atoms with Crippen LogP contribution < -0.4 is 4.74 Å². The van der Waals surface area contributed by atoms with Crippen molar-refractivity contribution in [3.63, 3.8) is 0 Å². The van der Waals surface area contributed by atoms with Crippen LogP contribution in [0.3, 0.4) is 0 Å². The molecule has 2 aliphatic rings. The van der Waals surface area contributed by atoms with Crippen molar-refractivity contribution in [2.24, 2.45) is 5.92 Å². The summed E-state index contributed by atoms with van der Waals surface area (Å²) in [5.41, 5.74) is 1.17. The molecule has 1 aromatic carbocycles. The Kier molecular flexibility index (Phi) is 11.7. The number of piperidine rings is 1. The number of carboxylic acids is 1. The van der Waals surface area contributed by atoms with E-state index in [1.165, 1.54) is 19.9 Å². The van der Waals surface area contributed by atoms with Gasteiger partial charge in [0.1, 0.15) is 5.75 Å². The van der Waals surface area contributed by atoms with Crippen LogP contribution in [0.1, 0.15) is 40.5 Å². The molecule has 0 atom stereocenters. The number of amides is 1. The number of sulfonamides is 1. The number of halogens is 3. The van der Waals surface area contributed by atoms with Gasteiger partial charge in [0, 0.05) is 39.8 Å². The van der Waals surface area contributed by atoms with Crippen LogP contribution in [0.2, 0.25) is 0 Å². The first-order valence-electron chi connectivity index (χ1n) is 14.0. The Morgan fingerprint density at radius 3 is 2.14 bits per heavy atom. The van der Waals surface area contributed by atoms with E-state index in [4.69, 9.17) is 19.2 Å². The second-order valence-corrected chi connectivity index (χ2v) is 13.0. The van der Waals surface area contributed by atoms with Crippen molar-refractivity contribution in [1.82, 2.24) is 29.1 Å². The lowest BCUT2D eigenvalue weighted by atomic mass is 9.96. The summed E-state index contributed by atoms with van der Waals surface area (Å²) in [5, 5.41) is 11.0. The number of methoxy groups -OCH3 is 1. The van der Waals surface area contributed by atoms with E-state index in [1.807, 2.05) is 0 Å². The molecule has 2 aromatic rings. The van der Waals surface area contributed by atoms with Crippen LogP contribution in [0.15, 0.2) is 21.6 Å². The summed E-state index contributed by atoms with van der Waals surface area (Å²) in [6.45, 7) is 9.58. The maximum Gasteiger partial charge on any atom is 0.490 e. The molecule has 4 rings (SSSR count). The number of carbonyl (C=O) groups is 2. The summed E-state index contributed by atoms with van der Waals surface area (Å²) >= 11 is 0. The van der Waals surface area contributed by atoms with Gasteiger partial charge < -0.3 is 24.2 Å². The predicted octanol–water partition coefficient (Wildman–Crippen LogP) is 2.25. The lowest BCUT2D eigenvalue weighted by Crippen LogP contribution is -2.50. The standard InChI is InChI=1S/C25H38N6O5S.C2HF3O2/c1-18-14-21(35-5)15-19(2)23(18)37(33,34)29(4)17-22-26-24(36-27-22)25(32)31-12-10-30(11-13-31)16-20-6-8-28(3)9-7-20;3-2(4,5)1(6)7/h14-15,20H,6-13,16-17H2,1-5H3;(H,6,7). The van der Waals surface area contributed by atoms with Crippen molar-refractivity contribution in [2.45, 2.75) is 44.3 Å². The van der Waals surface area contributed by atoms with Gasteiger partial charge in [0.2, 0.25) is 10.0 Å². The molecule has 0 radical (unpaired) electrons. The molecule has 246 valence electrons. The highest BCUT2D eigenvalue weighted by molar-refractivity contribution is 7.89. The van der Waals surface area contributed by atoms with Crippen molar-refractivity contribution in [2.75, 3.05) is 67.0 Å². The number of aryl methyl sites for hydroxylation is 2. The van der Waals surface area contributed by atoms with Gasteiger partial charge in [-0.2, -0.15) is 22.5 Å². The summed E-state index contributed by atoms with van der Waals surface area (Å²) in [4.78, 5) is 32.8. The van der Waals surface area contributed by atoms with Crippen molar-refractivity contribution in [3.8, 4) is 5.75 Å². The van der Waals surface area contributed by atoms with Gasteiger partial charge in [-0.25, -0.2) is 13.2 Å². The Bertz CT molecular complexity index is 1380. The topological polar surface area (TPSA) is 150 Å². The van der Waals surface area contributed by atoms with Crippen LogP contribution in [0.4, 0.5) is 13.2 Å². The van der Waals surface area contributed by atoms with Crippen LogP contribution in [0, 0.1) is 19.8 Å². The zero-order valence-electron chi connectivity index (χ0n) is 25.4. The van der Waals surface area contributed by atoms with Crippen LogP contribution in [-0.2, 0) is 21.4 Å². The Labute approximate surface area is 254 Å². The number of aromatic nitrogens is 2. The average Bonchev–Trinajstić information content (AvgIpc) is 3.42. The lowest BCUT2D eigenvalue weighted by Gasteiger charge is -2.37. The molecule has 1 aromatic heterocycles. The van der Waals surface area contributed by atoms with E-state index in [2.05, 4.69) is 27.0 Å². The van der Waals surface area contributed by atoms with Crippen molar-refractivity contribution >= 4 is 21.9 Å². The second-order valence-electron chi connectivity index (χ2n) is 11.0. The van der Waals surface area contributed by atoms with Gasteiger partial charge in [0.15, 0.2) is 5.82 Å². The number of aliphatic carboxylic acids is 1. The molecule has 0 aliphatic carbocycles. The van der Waals surface area contributed by atoms with E-state index in [1.54, 1.807) is 38.0 Å². The number of hydrogen-bond donors (Lipinski definition) is 1. The fraction of sp³-hybridized carbons (Fsp3) is 0.630. The van der Waals surface area contributed by atoms with Gasteiger partial charge in [-0.05, 0) is 76.0 Å². The van der Waals surface area contributed by atoms with E-state index < -0.39 is 22.2 Å². The first-order valence-corrected chi connectivity index (χ1v) is 15.4. The number of nitrogens with zero attached hydrogens (tertiary/aromatic N) is 6. The van der Waals surface area contributed by atoms with Crippen molar-refractivity contribution in [1.29, 1.82) is 0 Å². The third-order valence-electron chi connectivity index (χ3n) is 7.61. The maximum atomic E-state index is 13.3. The largest absolute Gasteiger partial charge is 0.497 e. The number of rotatable bonds is 8. The zero-order chi connectivity index (χ0) is 32.8. The normalized spacial score (nSPS) is 17.3. The number of alkyl halides is 3. The number of hydrogen-bond acceptors (Lipinski definition) is 10. The minimum Gasteiger partial charge on any atom is -0.497 e. The molecule has 0 bridgehead atoms. The van der Waals surface area contributed by atoms with Gasteiger partial charge >= 0.3 is 23.9 Å². The Hall–Kier alpha value is -3.28. The third kappa shape index (κ3) is 9.12. The van der Waals surface area contributed by atoms with Gasteiger partial charge in [0.25, 0.3) is 0 Å². The smallest absolute Gasteiger partial charge is 0.490 e. The first-order chi connectivity index (χ1) is 20.5. The number of likely N-dealkylation sites (tertiary alicyclic amines) is 1. The highest BCUT2D eigenvalue weighted by atomic mass is 32.2. The lowest BCUT2D eigenvalue weighted by molar-refractivity contribution is -0.192. The molecule has 17 heteroatoms. The summed E-state index contributed by atoms with van der Waals surface area (Å²) in [6.07, 6.45) is -2.63. The van der Waals surface area contributed by atoms with Crippen LogP contribution >= 0.6 is 0 Å². The number of piperazine rings is 1. The Morgan fingerprint density at radius 2 is 1.64 bits per heavy atom.